The van der Waals surface area contributed by atoms with E-state index in [1.165, 1.54) is 20.2 Å². The van der Waals surface area contributed by atoms with Crippen molar-refractivity contribution >= 4 is 23.2 Å². The largest absolute Gasteiger partial charge is 0.509 e. The number of rotatable bonds is 4. The van der Waals surface area contributed by atoms with Crippen LogP contribution >= 0.6 is 0 Å². The molecule has 34 heavy (non-hydrogen) atoms. The molecule has 1 saturated carbocycles. The van der Waals surface area contributed by atoms with Gasteiger partial charge in [-0.1, -0.05) is 19.1 Å². The van der Waals surface area contributed by atoms with E-state index >= 15 is 0 Å². The Balaban J connectivity index is 2.13. The Morgan fingerprint density at radius 2 is 1.85 bits per heavy atom. The van der Waals surface area contributed by atoms with Crippen LogP contribution < -0.4 is 11.1 Å². The number of hydrogen-bond acceptors (Lipinski definition) is 9. The lowest BCUT2D eigenvalue weighted by Crippen LogP contribution is -2.74. The highest BCUT2D eigenvalue weighted by Gasteiger charge is 2.68. The first-order valence-corrected chi connectivity index (χ1v) is 10.9. The number of ketones is 2. The zero-order chi connectivity index (χ0) is 25.3. The lowest BCUT2D eigenvalue weighted by Gasteiger charge is -2.56. The Bertz CT molecular complexity index is 1170. The van der Waals surface area contributed by atoms with Gasteiger partial charge in [-0.25, -0.2) is 0 Å². The molecule has 10 heteroatoms. The number of carbonyl (C=O) groups is 3. The minimum atomic E-state index is -1.98. The summed E-state index contributed by atoms with van der Waals surface area (Å²) in [6.07, 6.45) is -0.847. The van der Waals surface area contributed by atoms with E-state index in [1.807, 2.05) is 6.92 Å². The highest BCUT2D eigenvalue weighted by molar-refractivity contribution is 6.25. The molecule has 0 heterocycles. The number of phenols is 1. The molecule has 10 nitrogen and oxygen atoms in total. The predicted octanol–water partition coefficient (Wildman–Crippen LogP) is 0.377. The van der Waals surface area contributed by atoms with Crippen LogP contribution in [0, 0.1) is 11.8 Å². The third-order valence-electron chi connectivity index (χ3n) is 7.67. The van der Waals surface area contributed by atoms with Gasteiger partial charge in [0.2, 0.25) is 0 Å². The quantitative estimate of drug-likeness (QED) is 0.391. The molecule has 0 bridgehead atoms. The van der Waals surface area contributed by atoms with Gasteiger partial charge in [-0.15, -0.1) is 0 Å². The number of likely N-dealkylation sites (N-methyl/N-ethyl adjacent to an activating group) is 2. The van der Waals surface area contributed by atoms with Gasteiger partial charge in [0, 0.05) is 24.5 Å². The Labute approximate surface area is 196 Å². The minimum absolute atomic E-state index is 0.0545. The molecule has 6 N–H and O–H groups in total. The molecule has 4 rings (SSSR count). The van der Waals surface area contributed by atoms with Gasteiger partial charge < -0.3 is 31.1 Å². The van der Waals surface area contributed by atoms with E-state index in [2.05, 4.69) is 5.32 Å². The lowest BCUT2D eigenvalue weighted by molar-refractivity contribution is -0.147. The molecule has 1 amide bonds. The first-order valence-electron chi connectivity index (χ1n) is 10.9. The summed E-state index contributed by atoms with van der Waals surface area (Å²) in [4.78, 5) is 41.5. The number of hydrogen-bond donors (Lipinski definition) is 5. The summed E-state index contributed by atoms with van der Waals surface area (Å²) in [5, 5.41) is 35.9. The van der Waals surface area contributed by atoms with Crippen LogP contribution in [0.2, 0.25) is 0 Å². The van der Waals surface area contributed by atoms with Crippen molar-refractivity contribution in [1.82, 2.24) is 10.2 Å². The van der Waals surface area contributed by atoms with Crippen LogP contribution in [-0.2, 0) is 19.1 Å². The monoisotopic (exact) mass is 471 g/mol. The second-order valence-corrected chi connectivity index (χ2v) is 9.29. The fourth-order valence-electron chi connectivity index (χ4n) is 6.26. The Morgan fingerprint density at radius 3 is 2.38 bits per heavy atom. The predicted molar refractivity (Wildman–Crippen MR) is 122 cm³/mol. The third-order valence-corrected chi connectivity index (χ3v) is 7.67. The van der Waals surface area contributed by atoms with Crippen molar-refractivity contribution in [3.63, 3.8) is 0 Å². The second kappa shape index (κ2) is 7.93. The number of nitrogens with one attached hydrogen (secondary N) is 1. The summed E-state index contributed by atoms with van der Waals surface area (Å²) in [5.74, 6) is -6.06. The summed E-state index contributed by atoms with van der Waals surface area (Å²) in [5.41, 5.74) is 3.51. The molecule has 0 saturated heterocycles. The zero-order valence-corrected chi connectivity index (χ0v) is 19.6. The van der Waals surface area contributed by atoms with Gasteiger partial charge in [0.05, 0.1) is 17.7 Å². The number of nitrogens with two attached hydrogens (primary N) is 1. The summed E-state index contributed by atoms with van der Waals surface area (Å²) < 4.78 is 5.91. The van der Waals surface area contributed by atoms with E-state index in [4.69, 9.17) is 10.5 Å². The molecular weight excluding hydrogens is 442 g/mol. The first-order chi connectivity index (χ1) is 16.0. The van der Waals surface area contributed by atoms with Crippen molar-refractivity contribution in [2.75, 3.05) is 28.3 Å². The van der Waals surface area contributed by atoms with Gasteiger partial charge in [-0.2, -0.15) is 0 Å². The number of aromatic hydroxyl groups is 1. The second-order valence-electron chi connectivity index (χ2n) is 9.29. The summed E-state index contributed by atoms with van der Waals surface area (Å²) in [6.45, 7) is 1.85. The number of nitrogens with zero attached hydrogens (tertiary/aromatic N) is 1. The van der Waals surface area contributed by atoms with Crippen LogP contribution in [0.4, 0.5) is 0 Å². The summed E-state index contributed by atoms with van der Waals surface area (Å²) in [6, 6.07) is 3.76. The maximum atomic E-state index is 14.2. The normalized spacial score (nSPS) is 33.1. The van der Waals surface area contributed by atoms with Crippen molar-refractivity contribution in [3.8, 4) is 5.75 Å². The number of phenolic OH excluding ortho intramolecular Hbond substituents is 1. The molecule has 182 valence electrons. The van der Waals surface area contributed by atoms with Gasteiger partial charge >= 0.3 is 0 Å². The molecule has 0 spiro atoms. The van der Waals surface area contributed by atoms with Crippen LogP contribution in [0.3, 0.4) is 0 Å². The molecule has 3 aliphatic rings. The first kappa shape index (κ1) is 23.9. The SMILES string of the molecule is CN[C@]12C(=O)C3=C(O)c4c(O)cccc4[C@H](C)C3C(OC)C1[C@H](N(C)C)C(=O)C(C(N)=O)=C2O. The standard InChI is InChI=1S/C24H29N3O7/c1-9-10-7-6-8-11(28)13(10)18(29)14-12(9)20(34-5)16-17(27(3)4)19(30)15(23(25)33)22(32)24(16,26-2)21(14)31/h6-9,12,16-17,20,26,28-29,32H,1-5H3,(H2,25,33)/t9-,12?,16?,17-,20?,24-/m0/s1. The average Bonchev–Trinajstić information content (AvgIpc) is 2.76. The van der Waals surface area contributed by atoms with Gasteiger partial charge in [-0.05, 0) is 38.7 Å². The van der Waals surface area contributed by atoms with Gasteiger partial charge in [0.1, 0.15) is 28.4 Å². The van der Waals surface area contributed by atoms with Gasteiger partial charge in [0.25, 0.3) is 5.91 Å². The molecule has 3 unspecified atom stereocenters. The molecule has 3 aliphatic carbocycles. The summed E-state index contributed by atoms with van der Waals surface area (Å²) >= 11 is 0. The number of fused-ring (bicyclic) bond motifs is 3. The van der Waals surface area contributed by atoms with Crippen LogP contribution in [0.5, 0.6) is 5.75 Å². The van der Waals surface area contributed by atoms with E-state index in [-0.39, 0.29) is 16.9 Å². The van der Waals surface area contributed by atoms with Gasteiger partial charge in [-0.3, -0.25) is 19.3 Å². The van der Waals surface area contributed by atoms with E-state index in [0.29, 0.717) is 5.56 Å². The van der Waals surface area contributed by atoms with Crippen molar-refractivity contribution in [2.24, 2.45) is 17.6 Å². The number of benzene rings is 1. The van der Waals surface area contributed by atoms with Crippen LogP contribution in [0.1, 0.15) is 24.0 Å². The molecule has 1 fully saturated rings. The number of amides is 1. The van der Waals surface area contributed by atoms with E-state index in [0.717, 1.165) is 0 Å². The summed E-state index contributed by atoms with van der Waals surface area (Å²) in [7, 11) is 6.11. The number of primary amides is 1. The smallest absolute Gasteiger partial charge is 0.255 e. The fraction of sp³-hybridized carbons (Fsp3) is 0.458. The zero-order valence-electron chi connectivity index (χ0n) is 19.6. The molecule has 0 radical (unpaired) electrons. The average molecular weight is 472 g/mol. The Kier molecular flexibility index (Phi) is 5.58. The van der Waals surface area contributed by atoms with Gasteiger partial charge in [0.15, 0.2) is 11.6 Å². The lowest BCUT2D eigenvalue weighted by atomic mass is 9.53. The highest BCUT2D eigenvalue weighted by atomic mass is 16.5. The molecule has 0 aliphatic heterocycles. The molecular formula is C24H29N3O7. The van der Waals surface area contributed by atoms with Crippen LogP contribution in [-0.4, -0.2) is 83.6 Å². The third kappa shape index (κ3) is 2.76. The van der Waals surface area contributed by atoms with Crippen molar-refractivity contribution < 1.29 is 34.4 Å². The number of Topliss-reactive ketones (excluding diaryl/α,β-unsaturated/α-hetero) is 2. The fourth-order valence-corrected chi connectivity index (χ4v) is 6.26. The van der Waals surface area contributed by atoms with Crippen molar-refractivity contribution in [1.29, 1.82) is 0 Å². The minimum Gasteiger partial charge on any atom is -0.509 e. The number of ether oxygens (including phenoxy) is 1. The number of carbonyl (C=O) groups excluding carboxylic acids is 3. The van der Waals surface area contributed by atoms with Crippen molar-refractivity contribution in [2.45, 2.75) is 30.5 Å². The van der Waals surface area contributed by atoms with Crippen LogP contribution in [0.25, 0.3) is 5.76 Å². The molecule has 1 aromatic rings. The topological polar surface area (TPSA) is 162 Å². The molecule has 0 aromatic heterocycles. The number of methoxy groups -OCH3 is 1. The van der Waals surface area contributed by atoms with E-state index < -0.39 is 70.0 Å². The number of aliphatic hydroxyl groups is 2. The van der Waals surface area contributed by atoms with E-state index in [1.54, 1.807) is 31.1 Å². The van der Waals surface area contributed by atoms with E-state index in [9.17, 15) is 29.7 Å². The molecule has 6 atom stereocenters. The Hall–Kier alpha value is -3.21. The number of aliphatic hydroxyl groups excluding tert-OH is 2. The maximum absolute atomic E-state index is 14.2. The highest BCUT2D eigenvalue weighted by Crippen LogP contribution is 2.56. The Morgan fingerprint density at radius 1 is 1.21 bits per heavy atom. The van der Waals surface area contributed by atoms with Crippen LogP contribution in [0.15, 0.2) is 35.1 Å². The molecule has 1 aromatic carbocycles. The maximum Gasteiger partial charge on any atom is 0.255 e. The van der Waals surface area contributed by atoms with Crippen molar-refractivity contribution in [3.05, 3.63) is 46.2 Å².